The Labute approximate surface area is 199 Å². The lowest BCUT2D eigenvalue weighted by molar-refractivity contribution is -0.138. The van der Waals surface area contributed by atoms with Crippen molar-refractivity contribution in [3.63, 3.8) is 0 Å². The molecule has 0 aliphatic heterocycles. The summed E-state index contributed by atoms with van der Waals surface area (Å²) in [5, 5.41) is 3.92. The highest BCUT2D eigenvalue weighted by molar-refractivity contribution is 7.99. The quantitative estimate of drug-likeness (QED) is 0.462. The van der Waals surface area contributed by atoms with Crippen LogP contribution in [0.2, 0.25) is 10.0 Å². The van der Waals surface area contributed by atoms with E-state index in [-0.39, 0.29) is 30.2 Å². The lowest BCUT2D eigenvalue weighted by atomic mass is 10.1. The Morgan fingerprint density at radius 1 is 1.06 bits per heavy atom. The van der Waals surface area contributed by atoms with Gasteiger partial charge < -0.3 is 10.2 Å². The zero-order valence-electron chi connectivity index (χ0n) is 18.5. The van der Waals surface area contributed by atoms with Crippen molar-refractivity contribution in [3.8, 4) is 0 Å². The molecule has 4 nitrogen and oxygen atoms in total. The molecule has 2 unspecified atom stereocenters. The molecule has 7 heteroatoms. The predicted molar refractivity (Wildman–Crippen MR) is 132 cm³/mol. The fourth-order valence-electron chi connectivity index (χ4n) is 3.01. The van der Waals surface area contributed by atoms with Crippen molar-refractivity contribution in [1.82, 2.24) is 10.2 Å². The number of benzene rings is 2. The fraction of sp³-hybridized carbons (Fsp3) is 0.417. The second-order valence-corrected chi connectivity index (χ2v) is 9.43. The maximum Gasteiger partial charge on any atom is 0.242 e. The number of carbonyl (C=O) groups excluding carboxylic acids is 2. The highest BCUT2D eigenvalue weighted by Crippen LogP contribution is 2.27. The van der Waals surface area contributed by atoms with Gasteiger partial charge in [0.2, 0.25) is 11.8 Å². The minimum atomic E-state index is -0.645. The fourth-order valence-corrected chi connectivity index (χ4v) is 4.51. The van der Waals surface area contributed by atoms with Gasteiger partial charge in [-0.2, -0.15) is 0 Å². The van der Waals surface area contributed by atoms with Gasteiger partial charge in [-0.15, -0.1) is 11.8 Å². The van der Waals surface area contributed by atoms with Gasteiger partial charge in [-0.05, 0) is 50.5 Å². The monoisotopic (exact) mass is 480 g/mol. The maximum atomic E-state index is 13.2. The van der Waals surface area contributed by atoms with Gasteiger partial charge in [0.1, 0.15) is 6.04 Å². The van der Waals surface area contributed by atoms with E-state index in [9.17, 15) is 9.59 Å². The smallest absolute Gasteiger partial charge is 0.242 e. The van der Waals surface area contributed by atoms with Crippen LogP contribution in [0.3, 0.4) is 0 Å². The van der Waals surface area contributed by atoms with Crippen molar-refractivity contribution in [3.05, 3.63) is 69.2 Å². The Bertz CT molecular complexity index is 887. The Morgan fingerprint density at radius 3 is 2.32 bits per heavy atom. The Hall–Kier alpha value is -1.69. The van der Waals surface area contributed by atoms with Gasteiger partial charge in [-0.1, -0.05) is 60.5 Å². The Kier molecular flexibility index (Phi) is 10.2. The van der Waals surface area contributed by atoms with Crippen molar-refractivity contribution in [2.24, 2.45) is 0 Å². The summed E-state index contributed by atoms with van der Waals surface area (Å²) in [4.78, 5) is 27.5. The van der Waals surface area contributed by atoms with Crippen LogP contribution in [-0.2, 0) is 21.9 Å². The van der Waals surface area contributed by atoms with E-state index in [0.29, 0.717) is 15.6 Å². The summed E-state index contributed by atoms with van der Waals surface area (Å²) in [5.74, 6) is 0.681. The number of hydrogen-bond donors (Lipinski definition) is 1. The van der Waals surface area contributed by atoms with Gasteiger partial charge in [-0.25, -0.2) is 0 Å². The van der Waals surface area contributed by atoms with E-state index in [1.807, 2.05) is 26.0 Å². The van der Waals surface area contributed by atoms with Crippen LogP contribution in [0.5, 0.6) is 0 Å². The number of hydrogen-bond acceptors (Lipinski definition) is 3. The van der Waals surface area contributed by atoms with Crippen LogP contribution in [0.15, 0.2) is 42.5 Å². The Balaban J connectivity index is 2.16. The van der Waals surface area contributed by atoms with Crippen LogP contribution in [0.25, 0.3) is 0 Å². The number of nitrogens with one attached hydrogen (secondary N) is 1. The third-order valence-electron chi connectivity index (χ3n) is 5.30. The zero-order valence-corrected chi connectivity index (χ0v) is 20.8. The maximum absolute atomic E-state index is 13.2. The molecule has 31 heavy (non-hydrogen) atoms. The van der Waals surface area contributed by atoms with Crippen LogP contribution in [0.4, 0.5) is 0 Å². The molecule has 0 bridgehead atoms. The molecule has 2 aromatic carbocycles. The number of amides is 2. The molecule has 0 heterocycles. The first-order valence-corrected chi connectivity index (χ1v) is 12.3. The molecule has 2 rings (SSSR count). The highest BCUT2D eigenvalue weighted by Gasteiger charge is 2.28. The third-order valence-corrected chi connectivity index (χ3v) is 6.98. The molecule has 0 aliphatic rings. The molecule has 2 aromatic rings. The number of rotatable bonds is 10. The van der Waals surface area contributed by atoms with E-state index >= 15 is 0 Å². The SMILES string of the molecule is CCC(C)NC(=O)C(C)N(Cc1c(Cl)cccc1Cl)C(=O)CSCc1ccccc1C. The van der Waals surface area contributed by atoms with E-state index in [4.69, 9.17) is 23.2 Å². The van der Waals surface area contributed by atoms with E-state index in [0.717, 1.165) is 12.2 Å². The van der Waals surface area contributed by atoms with Gasteiger partial charge in [0.05, 0.1) is 5.75 Å². The molecule has 0 fully saturated rings. The van der Waals surface area contributed by atoms with Crippen molar-refractivity contribution in [2.75, 3.05) is 5.75 Å². The number of halogens is 2. The first-order valence-electron chi connectivity index (χ1n) is 10.4. The number of thioether (sulfide) groups is 1. The van der Waals surface area contributed by atoms with Crippen molar-refractivity contribution in [1.29, 1.82) is 0 Å². The summed E-state index contributed by atoms with van der Waals surface area (Å²) < 4.78 is 0. The standard InChI is InChI=1S/C24H30Cl2N2O2S/c1-5-17(3)27-24(30)18(4)28(13-20-21(25)11-8-12-22(20)26)23(29)15-31-14-19-10-7-6-9-16(19)2/h6-12,17-18H,5,13-15H2,1-4H3,(H,27,30). The van der Waals surface area contributed by atoms with Gasteiger partial charge in [0, 0.05) is 33.9 Å². The van der Waals surface area contributed by atoms with E-state index < -0.39 is 6.04 Å². The zero-order chi connectivity index (χ0) is 23.0. The Morgan fingerprint density at radius 2 is 1.71 bits per heavy atom. The summed E-state index contributed by atoms with van der Waals surface area (Å²) in [6.45, 7) is 7.93. The van der Waals surface area contributed by atoms with E-state index in [1.54, 1.807) is 30.0 Å². The molecular weight excluding hydrogens is 451 g/mol. The van der Waals surface area contributed by atoms with E-state index in [1.165, 1.54) is 22.9 Å². The second kappa shape index (κ2) is 12.4. The van der Waals surface area contributed by atoms with Gasteiger partial charge in [0.15, 0.2) is 0 Å². The molecular formula is C24H30Cl2N2O2S. The van der Waals surface area contributed by atoms with Crippen LogP contribution in [-0.4, -0.2) is 34.6 Å². The summed E-state index contributed by atoms with van der Waals surface area (Å²) >= 11 is 14.2. The van der Waals surface area contributed by atoms with Crippen molar-refractivity contribution >= 4 is 46.8 Å². The van der Waals surface area contributed by atoms with Gasteiger partial charge in [0.25, 0.3) is 0 Å². The van der Waals surface area contributed by atoms with Crippen LogP contribution in [0, 0.1) is 6.92 Å². The molecule has 0 aliphatic carbocycles. The molecule has 0 saturated carbocycles. The third kappa shape index (κ3) is 7.44. The lowest BCUT2D eigenvalue weighted by Crippen LogP contribution is -2.50. The molecule has 0 spiro atoms. The predicted octanol–water partition coefficient (Wildman–Crippen LogP) is 5.87. The average molecular weight is 481 g/mol. The van der Waals surface area contributed by atoms with Gasteiger partial charge in [-0.3, -0.25) is 9.59 Å². The van der Waals surface area contributed by atoms with Crippen LogP contribution < -0.4 is 5.32 Å². The number of nitrogens with zero attached hydrogens (tertiary/aromatic N) is 1. The summed E-state index contributed by atoms with van der Waals surface area (Å²) in [5.41, 5.74) is 3.04. The van der Waals surface area contributed by atoms with Crippen molar-refractivity contribution in [2.45, 2.75) is 58.5 Å². The molecule has 168 valence electrons. The number of aryl methyl sites for hydroxylation is 1. The topological polar surface area (TPSA) is 49.4 Å². The molecule has 0 saturated heterocycles. The molecule has 2 atom stereocenters. The van der Waals surface area contributed by atoms with Crippen LogP contribution in [0.1, 0.15) is 43.9 Å². The molecule has 2 amide bonds. The second-order valence-electron chi connectivity index (χ2n) is 7.63. The first kappa shape index (κ1) is 25.6. The largest absolute Gasteiger partial charge is 0.352 e. The number of carbonyl (C=O) groups is 2. The molecule has 0 aromatic heterocycles. The summed E-state index contributed by atoms with van der Waals surface area (Å²) in [7, 11) is 0. The minimum absolute atomic E-state index is 0.0336. The summed E-state index contributed by atoms with van der Waals surface area (Å²) in [6, 6.07) is 12.8. The highest BCUT2D eigenvalue weighted by atomic mass is 35.5. The van der Waals surface area contributed by atoms with Crippen molar-refractivity contribution < 1.29 is 9.59 Å². The van der Waals surface area contributed by atoms with E-state index in [2.05, 4.69) is 24.4 Å². The molecule has 1 N–H and O–H groups in total. The minimum Gasteiger partial charge on any atom is -0.352 e. The normalized spacial score (nSPS) is 12.8. The van der Waals surface area contributed by atoms with Crippen LogP contribution >= 0.6 is 35.0 Å². The average Bonchev–Trinajstić information content (AvgIpc) is 2.74. The molecule has 0 radical (unpaired) electrons. The summed E-state index contributed by atoms with van der Waals surface area (Å²) in [6.07, 6.45) is 0.815. The lowest BCUT2D eigenvalue weighted by Gasteiger charge is -2.30. The first-order chi connectivity index (χ1) is 14.7. The van der Waals surface area contributed by atoms with Gasteiger partial charge >= 0.3 is 0 Å².